The van der Waals surface area contributed by atoms with Crippen molar-refractivity contribution in [2.75, 3.05) is 23.3 Å². The summed E-state index contributed by atoms with van der Waals surface area (Å²) in [4.78, 5) is 2.45. The van der Waals surface area contributed by atoms with Crippen molar-refractivity contribution in [3.63, 3.8) is 0 Å². The lowest BCUT2D eigenvalue weighted by Crippen LogP contribution is -2.39. The van der Waals surface area contributed by atoms with Crippen LogP contribution in [0, 0.1) is 27.7 Å². The molecule has 3 aromatic rings. The molecule has 2 aromatic heterocycles. The molecule has 142 valence electrons. The van der Waals surface area contributed by atoms with Gasteiger partial charge in [-0.25, -0.2) is 4.68 Å². The van der Waals surface area contributed by atoms with Crippen LogP contribution in [0.2, 0.25) is 0 Å². The number of piperidine rings is 1. The van der Waals surface area contributed by atoms with Crippen molar-refractivity contribution in [3.05, 3.63) is 53.2 Å². The number of rotatable bonds is 4. The number of anilines is 2. The first-order valence-corrected chi connectivity index (χ1v) is 9.59. The molecule has 6 heteroatoms. The van der Waals surface area contributed by atoms with Crippen LogP contribution < -0.4 is 10.2 Å². The average molecular weight is 365 g/mol. The van der Waals surface area contributed by atoms with E-state index in [4.69, 9.17) is 4.52 Å². The second-order valence-corrected chi connectivity index (χ2v) is 7.46. The SMILES string of the molecule is Cc1cc(C)n(-c2ccc(N3CCC(Nc4c(C)noc4C)CC3)cc2)n1. The molecule has 4 rings (SSSR count). The van der Waals surface area contributed by atoms with Crippen LogP contribution in [0.4, 0.5) is 11.4 Å². The molecule has 0 saturated carbocycles. The minimum absolute atomic E-state index is 0.465. The number of nitrogens with zero attached hydrogens (tertiary/aromatic N) is 4. The summed E-state index contributed by atoms with van der Waals surface area (Å²) in [7, 11) is 0. The van der Waals surface area contributed by atoms with E-state index in [2.05, 4.69) is 57.7 Å². The molecule has 0 amide bonds. The van der Waals surface area contributed by atoms with Gasteiger partial charge in [0.15, 0.2) is 5.76 Å². The van der Waals surface area contributed by atoms with Crippen molar-refractivity contribution < 1.29 is 4.52 Å². The third-order valence-electron chi connectivity index (χ3n) is 5.35. The van der Waals surface area contributed by atoms with Gasteiger partial charge in [0.2, 0.25) is 0 Å². The molecule has 1 saturated heterocycles. The van der Waals surface area contributed by atoms with E-state index in [-0.39, 0.29) is 0 Å². The average Bonchev–Trinajstić information content (AvgIpc) is 3.18. The minimum atomic E-state index is 0.465. The summed E-state index contributed by atoms with van der Waals surface area (Å²) in [5, 5.41) is 12.2. The Morgan fingerprint density at radius 3 is 2.22 bits per heavy atom. The van der Waals surface area contributed by atoms with Gasteiger partial charge >= 0.3 is 0 Å². The highest BCUT2D eigenvalue weighted by molar-refractivity contribution is 5.53. The fourth-order valence-electron chi connectivity index (χ4n) is 3.87. The molecule has 0 unspecified atom stereocenters. The van der Waals surface area contributed by atoms with Crippen LogP contribution in [0.5, 0.6) is 0 Å². The highest BCUT2D eigenvalue weighted by Crippen LogP contribution is 2.26. The molecule has 0 bridgehead atoms. The fourth-order valence-corrected chi connectivity index (χ4v) is 3.87. The Hall–Kier alpha value is -2.76. The van der Waals surface area contributed by atoms with Crippen LogP contribution in [0.25, 0.3) is 5.69 Å². The summed E-state index contributed by atoms with van der Waals surface area (Å²) in [6, 6.07) is 11.3. The first-order valence-electron chi connectivity index (χ1n) is 9.59. The molecule has 1 aromatic carbocycles. The van der Waals surface area contributed by atoms with Gasteiger partial charge in [-0.05, 0) is 70.9 Å². The molecule has 0 aliphatic carbocycles. The Morgan fingerprint density at radius 2 is 1.67 bits per heavy atom. The molecule has 0 radical (unpaired) electrons. The topological polar surface area (TPSA) is 59.1 Å². The zero-order valence-electron chi connectivity index (χ0n) is 16.5. The molecule has 3 heterocycles. The Labute approximate surface area is 160 Å². The summed E-state index contributed by atoms with van der Waals surface area (Å²) < 4.78 is 7.25. The Kier molecular flexibility index (Phi) is 4.64. The van der Waals surface area contributed by atoms with Gasteiger partial charge in [-0.15, -0.1) is 0 Å². The summed E-state index contributed by atoms with van der Waals surface area (Å²) in [6.45, 7) is 10.1. The molecule has 1 fully saturated rings. The minimum Gasteiger partial charge on any atom is -0.378 e. The van der Waals surface area contributed by atoms with Gasteiger partial charge in [0.1, 0.15) is 11.4 Å². The quantitative estimate of drug-likeness (QED) is 0.752. The molecule has 1 N–H and O–H groups in total. The fraction of sp³-hybridized carbons (Fsp3) is 0.429. The maximum Gasteiger partial charge on any atom is 0.157 e. The second kappa shape index (κ2) is 7.10. The summed E-state index contributed by atoms with van der Waals surface area (Å²) in [5.74, 6) is 0.870. The van der Waals surface area contributed by atoms with Gasteiger partial charge in [-0.1, -0.05) is 5.16 Å². The van der Waals surface area contributed by atoms with Crippen LogP contribution in [-0.4, -0.2) is 34.1 Å². The Bertz CT molecular complexity index is 897. The van der Waals surface area contributed by atoms with Crippen molar-refractivity contribution in [2.24, 2.45) is 0 Å². The van der Waals surface area contributed by atoms with Gasteiger partial charge in [-0.2, -0.15) is 5.10 Å². The van der Waals surface area contributed by atoms with Crippen molar-refractivity contribution in [2.45, 2.75) is 46.6 Å². The lowest BCUT2D eigenvalue weighted by atomic mass is 10.0. The first-order chi connectivity index (χ1) is 13.0. The van der Waals surface area contributed by atoms with E-state index < -0.39 is 0 Å². The van der Waals surface area contributed by atoms with E-state index in [1.54, 1.807) is 0 Å². The third kappa shape index (κ3) is 3.56. The molecule has 6 nitrogen and oxygen atoms in total. The molecular formula is C21H27N5O. The van der Waals surface area contributed by atoms with E-state index in [9.17, 15) is 0 Å². The summed E-state index contributed by atoms with van der Waals surface area (Å²) in [6.07, 6.45) is 2.20. The number of benzene rings is 1. The Balaban J connectivity index is 1.39. The van der Waals surface area contributed by atoms with E-state index in [0.717, 1.165) is 60.1 Å². The van der Waals surface area contributed by atoms with E-state index in [1.807, 2.05) is 25.5 Å². The molecule has 0 spiro atoms. The number of hydrogen-bond donors (Lipinski definition) is 1. The van der Waals surface area contributed by atoms with E-state index >= 15 is 0 Å². The normalized spacial score (nSPS) is 15.3. The van der Waals surface area contributed by atoms with Crippen molar-refractivity contribution in [1.29, 1.82) is 0 Å². The van der Waals surface area contributed by atoms with Crippen LogP contribution in [0.1, 0.15) is 35.7 Å². The monoisotopic (exact) mass is 365 g/mol. The predicted molar refractivity (Wildman–Crippen MR) is 108 cm³/mol. The van der Waals surface area contributed by atoms with Crippen molar-refractivity contribution in [3.8, 4) is 5.69 Å². The number of hydrogen-bond acceptors (Lipinski definition) is 5. The van der Waals surface area contributed by atoms with Gasteiger partial charge < -0.3 is 14.7 Å². The molecule has 1 aliphatic heterocycles. The van der Waals surface area contributed by atoms with Gasteiger partial charge in [0.05, 0.1) is 11.4 Å². The van der Waals surface area contributed by atoms with Crippen LogP contribution in [0.3, 0.4) is 0 Å². The van der Waals surface area contributed by atoms with Gasteiger partial charge in [0.25, 0.3) is 0 Å². The largest absolute Gasteiger partial charge is 0.378 e. The molecular weight excluding hydrogens is 338 g/mol. The molecule has 1 aliphatic rings. The maximum atomic E-state index is 5.25. The van der Waals surface area contributed by atoms with Crippen molar-refractivity contribution in [1.82, 2.24) is 14.9 Å². The zero-order valence-corrected chi connectivity index (χ0v) is 16.5. The number of aromatic nitrogens is 3. The number of nitrogens with one attached hydrogen (secondary N) is 1. The Morgan fingerprint density at radius 1 is 1.00 bits per heavy atom. The molecule has 27 heavy (non-hydrogen) atoms. The molecule has 0 atom stereocenters. The lowest BCUT2D eigenvalue weighted by molar-refractivity contribution is 0.393. The predicted octanol–water partition coefficient (Wildman–Crippen LogP) is 4.17. The zero-order chi connectivity index (χ0) is 19.0. The van der Waals surface area contributed by atoms with Crippen LogP contribution in [-0.2, 0) is 0 Å². The standard InChI is InChI=1S/C21H27N5O/c1-14-13-15(2)26(23-14)20-7-5-19(6-8-20)25-11-9-18(10-12-25)22-21-16(3)24-27-17(21)4/h5-8,13,18,22H,9-12H2,1-4H3. The second-order valence-electron chi connectivity index (χ2n) is 7.46. The highest BCUT2D eigenvalue weighted by atomic mass is 16.5. The summed E-state index contributed by atoms with van der Waals surface area (Å²) >= 11 is 0. The maximum absolute atomic E-state index is 5.25. The van der Waals surface area contributed by atoms with Gasteiger partial charge in [0, 0.05) is 30.5 Å². The summed E-state index contributed by atoms with van der Waals surface area (Å²) in [5.41, 5.74) is 6.59. The third-order valence-corrected chi connectivity index (χ3v) is 5.35. The van der Waals surface area contributed by atoms with E-state index in [1.165, 1.54) is 5.69 Å². The van der Waals surface area contributed by atoms with E-state index in [0.29, 0.717) is 6.04 Å². The lowest BCUT2D eigenvalue weighted by Gasteiger charge is -2.34. The van der Waals surface area contributed by atoms with Crippen molar-refractivity contribution >= 4 is 11.4 Å². The van der Waals surface area contributed by atoms with Gasteiger partial charge in [-0.3, -0.25) is 0 Å². The van der Waals surface area contributed by atoms with Crippen LogP contribution in [0.15, 0.2) is 34.9 Å². The van der Waals surface area contributed by atoms with Crippen LogP contribution >= 0.6 is 0 Å². The first kappa shape index (κ1) is 17.6. The number of aryl methyl sites for hydroxylation is 4. The highest BCUT2D eigenvalue weighted by Gasteiger charge is 2.21. The smallest absolute Gasteiger partial charge is 0.157 e.